The van der Waals surface area contributed by atoms with E-state index in [1.165, 1.54) is 32.4 Å². The van der Waals surface area contributed by atoms with Crippen LogP contribution in [0.3, 0.4) is 0 Å². The van der Waals surface area contributed by atoms with Crippen LogP contribution in [0, 0.1) is 0 Å². The normalized spacial score (nSPS) is 13.1. The number of rotatable bonds is 0. The highest BCUT2D eigenvalue weighted by molar-refractivity contribution is 5.75. The first-order valence-corrected chi connectivity index (χ1v) is 2.71. The first kappa shape index (κ1) is 30.9. The average Bonchev–Trinajstić information content (AvgIpc) is 1.72. The number of halogens is 4. The van der Waals surface area contributed by atoms with Crippen molar-refractivity contribution in [1.82, 2.24) is 5.32 Å². The van der Waals surface area contributed by atoms with E-state index in [9.17, 15) is 0 Å². The third kappa shape index (κ3) is 17.7. The van der Waals surface area contributed by atoms with Crippen LogP contribution in [-0.4, -0.2) is 21.5 Å². The van der Waals surface area contributed by atoms with Crippen molar-refractivity contribution in [2.75, 3.05) is 13.1 Å². The van der Waals surface area contributed by atoms with Crippen LogP contribution in [0.25, 0.3) is 0 Å². The molecule has 1 nitrogen and oxygen atoms in total. The van der Waals surface area contributed by atoms with E-state index in [1.54, 1.807) is 0 Å². The predicted molar refractivity (Wildman–Crippen MR) is 46.7 cm³/mol. The summed E-state index contributed by atoms with van der Waals surface area (Å²) in [6.45, 7) is 2.50. The van der Waals surface area contributed by atoms with E-state index in [0.717, 1.165) is 0 Å². The van der Waals surface area contributed by atoms with Crippen LogP contribution in [0.5, 0.6) is 0 Å². The maximum Gasteiger partial charge on any atom is 0.0814 e. The molecule has 0 aromatic rings. The van der Waals surface area contributed by atoms with Crippen molar-refractivity contribution in [3.63, 3.8) is 0 Å². The molecule has 1 saturated heterocycles. The fourth-order valence-electron chi connectivity index (χ4n) is 0.802. The Balaban J connectivity index is -0.0000000240. The minimum absolute atomic E-state index is 0. The van der Waals surface area contributed by atoms with Gasteiger partial charge in [0.1, 0.15) is 0 Å². The van der Waals surface area contributed by atoms with Crippen LogP contribution in [0.15, 0.2) is 0 Å². The largest absolute Gasteiger partial charge is 0.317 e. The maximum absolute atomic E-state index is 3.28. The summed E-state index contributed by atoms with van der Waals surface area (Å²) in [5, 5.41) is 3.28. The van der Waals surface area contributed by atoms with Gasteiger partial charge in [-0.15, -0.1) is 0 Å². The summed E-state index contributed by atoms with van der Waals surface area (Å²) < 4.78 is 0. The van der Waals surface area contributed by atoms with E-state index in [4.69, 9.17) is 0 Å². The van der Waals surface area contributed by atoms with E-state index < -0.39 is 0 Å². The van der Waals surface area contributed by atoms with Gasteiger partial charge >= 0.3 is 0 Å². The summed E-state index contributed by atoms with van der Waals surface area (Å²) in [7, 11) is 0. The second-order valence-electron chi connectivity index (χ2n) is 1.81. The second-order valence-corrected chi connectivity index (χ2v) is 1.81. The van der Waals surface area contributed by atoms with Crippen molar-refractivity contribution in [1.29, 1.82) is 0 Å². The molecular formula is C5H18BF4N. The fourth-order valence-corrected chi connectivity index (χ4v) is 0.802. The van der Waals surface area contributed by atoms with Crippen molar-refractivity contribution in [2.24, 2.45) is 0 Å². The fraction of sp³-hybridized carbons (Fsp3) is 1.00. The minimum atomic E-state index is 0. The highest BCUT2D eigenvalue weighted by Gasteiger charge is 1.93. The van der Waals surface area contributed by atoms with E-state index >= 15 is 0 Å². The van der Waals surface area contributed by atoms with Gasteiger partial charge in [0.25, 0.3) is 0 Å². The Morgan fingerprint density at radius 1 is 0.636 bits per heavy atom. The zero-order valence-electron chi connectivity index (χ0n) is 5.67. The van der Waals surface area contributed by atoms with Crippen LogP contribution in [0.4, 0.5) is 18.8 Å². The summed E-state index contributed by atoms with van der Waals surface area (Å²) in [4.78, 5) is 0. The third-order valence-corrected chi connectivity index (χ3v) is 1.21. The predicted octanol–water partition coefficient (Wildman–Crippen LogP) is 0.186. The molecule has 0 aromatic heterocycles. The van der Waals surface area contributed by atoms with E-state index in [0.29, 0.717) is 0 Å². The molecule has 0 unspecified atom stereocenters. The van der Waals surface area contributed by atoms with E-state index in [1.807, 2.05) is 0 Å². The van der Waals surface area contributed by atoms with Crippen molar-refractivity contribution in [3.05, 3.63) is 0 Å². The van der Waals surface area contributed by atoms with Crippen molar-refractivity contribution in [2.45, 2.75) is 19.3 Å². The van der Waals surface area contributed by atoms with Gasteiger partial charge in [-0.05, 0) is 25.9 Å². The highest BCUT2D eigenvalue weighted by atomic mass is 19.0. The van der Waals surface area contributed by atoms with Gasteiger partial charge in [0.05, 0.1) is 8.41 Å². The van der Waals surface area contributed by atoms with E-state index in [2.05, 4.69) is 5.32 Å². The van der Waals surface area contributed by atoms with Gasteiger partial charge in [-0.3, -0.25) is 18.8 Å². The quantitative estimate of drug-likeness (QED) is 0.413. The van der Waals surface area contributed by atoms with Crippen molar-refractivity contribution in [3.8, 4) is 0 Å². The molecule has 1 aliphatic heterocycles. The van der Waals surface area contributed by atoms with Gasteiger partial charge in [-0.25, -0.2) is 0 Å². The molecule has 1 rings (SSSR count). The molecular weight excluding hydrogens is 161 g/mol. The van der Waals surface area contributed by atoms with Gasteiger partial charge in [-0.2, -0.15) is 0 Å². The SMILES string of the molecule is B.C1CCNCC1.F.F.F.F. The topological polar surface area (TPSA) is 12.0 Å². The van der Waals surface area contributed by atoms with Gasteiger partial charge in [0.15, 0.2) is 0 Å². The zero-order valence-corrected chi connectivity index (χ0v) is 5.67. The molecule has 0 aromatic carbocycles. The number of piperidine rings is 1. The smallest absolute Gasteiger partial charge is 0.0814 e. The molecule has 74 valence electrons. The second kappa shape index (κ2) is 22.6. The first-order valence-electron chi connectivity index (χ1n) is 2.71. The third-order valence-electron chi connectivity index (χ3n) is 1.21. The molecule has 1 fully saturated rings. The summed E-state index contributed by atoms with van der Waals surface area (Å²) >= 11 is 0. The highest BCUT2D eigenvalue weighted by Crippen LogP contribution is 1.96. The average molecular weight is 179 g/mol. The van der Waals surface area contributed by atoms with Gasteiger partial charge in [-0.1, -0.05) is 6.42 Å². The standard InChI is InChI=1S/C5H11N.BH3.4FH/c1-2-4-6-5-3-1;;;;;/h6H,1-5H2;1H3;4*1H. The Hall–Kier alpha value is -0.255. The molecule has 0 bridgehead atoms. The van der Waals surface area contributed by atoms with E-state index in [-0.39, 0.29) is 27.2 Å². The van der Waals surface area contributed by atoms with Gasteiger partial charge in [0.2, 0.25) is 0 Å². The lowest BCUT2D eigenvalue weighted by molar-refractivity contribution is 0.520. The first-order chi connectivity index (χ1) is 3.00. The van der Waals surface area contributed by atoms with Crippen LogP contribution in [-0.2, 0) is 0 Å². The molecule has 0 saturated carbocycles. The number of hydrogen-bond donors (Lipinski definition) is 1. The summed E-state index contributed by atoms with van der Waals surface area (Å²) in [6, 6.07) is 0. The van der Waals surface area contributed by atoms with Crippen LogP contribution >= 0.6 is 0 Å². The summed E-state index contributed by atoms with van der Waals surface area (Å²) in [5.74, 6) is 0. The van der Waals surface area contributed by atoms with Gasteiger partial charge < -0.3 is 5.32 Å². The van der Waals surface area contributed by atoms with Gasteiger partial charge in [0, 0.05) is 0 Å². The molecule has 0 atom stereocenters. The number of nitrogens with one attached hydrogen (secondary N) is 1. The molecule has 1 aliphatic rings. The Morgan fingerprint density at radius 2 is 1.00 bits per heavy atom. The Kier molecular flexibility index (Phi) is 63.5. The lowest BCUT2D eigenvalue weighted by atomic mass is 10.2. The van der Waals surface area contributed by atoms with Crippen LogP contribution < -0.4 is 5.32 Å². The minimum Gasteiger partial charge on any atom is -0.317 e. The molecule has 0 spiro atoms. The van der Waals surface area contributed by atoms with Crippen LogP contribution in [0.1, 0.15) is 19.3 Å². The molecule has 6 heteroatoms. The zero-order chi connectivity index (χ0) is 4.24. The maximum atomic E-state index is 3.28. The lowest BCUT2D eigenvalue weighted by Gasteiger charge is -2.08. The van der Waals surface area contributed by atoms with Crippen LogP contribution in [0.2, 0.25) is 0 Å². The molecule has 1 heterocycles. The Labute approximate surface area is 66.0 Å². The Morgan fingerprint density at radius 3 is 1.09 bits per heavy atom. The van der Waals surface area contributed by atoms with Crippen molar-refractivity contribution < 1.29 is 18.8 Å². The summed E-state index contributed by atoms with van der Waals surface area (Å²) in [5.41, 5.74) is 0. The molecule has 1 N–H and O–H groups in total. The molecule has 0 amide bonds. The summed E-state index contributed by atoms with van der Waals surface area (Å²) in [6.07, 6.45) is 4.22. The number of hydrogen-bond acceptors (Lipinski definition) is 1. The molecule has 11 heavy (non-hydrogen) atoms. The Bertz CT molecular complexity index is 34.0. The monoisotopic (exact) mass is 179 g/mol. The molecule has 0 radical (unpaired) electrons. The lowest BCUT2D eigenvalue weighted by Crippen LogP contribution is -2.21. The molecule has 0 aliphatic carbocycles. The van der Waals surface area contributed by atoms with Crippen molar-refractivity contribution >= 4 is 8.41 Å².